The van der Waals surface area contributed by atoms with E-state index < -0.39 is 0 Å². The summed E-state index contributed by atoms with van der Waals surface area (Å²) in [7, 11) is 0. The largest absolute Gasteiger partial charge is 0.369 e. The maximum Gasteiger partial charge on any atom is 0.123 e. The van der Waals surface area contributed by atoms with Crippen LogP contribution in [0.3, 0.4) is 0 Å². The fourth-order valence-corrected chi connectivity index (χ4v) is 2.59. The van der Waals surface area contributed by atoms with E-state index in [1.807, 2.05) is 6.07 Å². The SMILES string of the molecule is CCCNC(C)c1cc(F)ccc1N(CC(C)C)C(C)C. The average molecular weight is 294 g/mol. The van der Waals surface area contributed by atoms with Crippen LogP contribution in [0.15, 0.2) is 18.2 Å². The molecule has 0 aliphatic carbocycles. The summed E-state index contributed by atoms with van der Waals surface area (Å²) in [6, 6.07) is 5.73. The Bertz CT molecular complexity index is 429. The van der Waals surface area contributed by atoms with Gasteiger partial charge in [0, 0.05) is 24.3 Å². The van der Waals surface area contributed by atoms with Crippen LogP contribution in [0.4, 0.5) is 10.1 Å². The van der Waals surface area contributed by atoms with Crippen molar-refractivity contribution in [2.75, 3.05) is 18.0 Å². The first-order chi connectivity index (χ1) is 9.86. The molecule has 1 unspecified atom stereocenters. The van der Waals surface area contributed by atoms with Crippen LogP contribution in [0.25, 0.3) is 0 Å². The number of hydrogen-bond donors (Lipinski definition) is 1. The van der Waals surface area contributed by atoms with Crippen LogP contribution in [0, 0.1) is 11.7 Å². The van der Waals surface area contributed by atoms with Crippen molar-refractivity contribution in [3.63, 3.8) is 0 Å². The molecule has 0 spiro atoms. The Hall–Kier alpha value is -1.09. The molecule has 1 rings (SSSR count). The summed E-state index contributed by atoms with van der Waals surface area (Å²) >= 11 is 0. The number of halogens is 1. The van der Waals surface area contributed by atoms with Crippen LogP contribution in [-0.2, 0) is 0 Å². The van der Waals surface area contributed by atoms with Crippen molar-refractivity contribution in [2.45, 2.75) is 60.0 Å². The molecule has 0 aliphatic rings. The second-order valence-corrected chi connectivity index (χ2v) is 6.52. The van der Waals surface area contributed by atoms with Crippen molar-refractivity contribution in [1.82, 2.24) is 5.32 Å². The van der Waals surface area contributed by atoms with Gasteiger partial charge in [-0.2, -0.15) is 0 Å². The minimum absolute atomic E-state index is 0.157. The Balaban J connectivity index is 3.13. The van der Waals surface area contributed by atoms with Crippen molar-refractivity contribution < 1.29 is 4.39 Å². The number of benzene rings is 1. The number of rotatable bonds is 8. The molecule has 1 aromatic rings. The summed E-state index contributed by atoms with van der Waals surface area (Å²) in [4.78, 5) is 2.38. The van der Waals surface area contributed by atoms with Gasteiger partial charge >= 0.3 is 0 Å². The van der Waals surface area contributed by atoms with Crippen LogP contribution < -0.4 is 10.2 Å². The molecule has 0 radical (unpaired) electrons. The van der Waals surface area contributed by atoms with Crippen LogP contribution in [0.1, 0.15) is 59.6 Å². The Morgan fingerprint density at radius 1 is 1.14 bits per heavy atom. The van der Waals surface area contributed by atoms with Crippen molar-refractivity contribution >= 4 is 5.69 Å². The molecule has 2 nitrogen and oxygen atoms in total. The molecule has 0 saturated carbocycles. The van der Waals surface area contributed by atoms with Crippen LogP contribution in [-0.4, -0.2) is 19.1 Å². The second kappa shape index (κ2) is 8.38. The Morgan fingerprint density at radius 3 is 2.33 bits per heavy atom. The Morgan fingerprint density at radius 2 is 1.81 bits per heavy atom. The van der Waals surface area contributed by atoms with Crippen molar-refractivity contribution in [3.05, 3.63) is 29.6 Å². The summed E-state index contributed by atoms with van der Waals surface area (Å²) in [5.41, 5.74) is 2.20. The van der Waals surface area contributed by atoms with Gasteiger partial charge in [-0.25, -0.2) is 4.39 Å². The molecular formula is C18H31FN2. The van der Waals surface area contributed by atoms with E-state index in [9.17, 15) is 4.39 Å². The lowest BCUT2D eigenvalue weighted by Crippen LogP contribution is -2.35. The highest BCUT2D eigenvalue weighted by Gasteiger charge is 2.19. The summed E-state index contributed by atoms with van der Waals surface area (Å²) in [5, 5.41) is 3.47. The van der Waals surface area contributed by atoms with E-state index in [4.69, 9.17) is 0 Å². The predicted molar refractivity (Wildman–Crippen MR) is 90.4 cm³/mol. The smallest absolute Gasteiger partial charge is 0.123 e. The monoisotopic (exact) mass is 294 g/mol. The molecule has 0 fully saturated rings. The van der Waals surface area contributed by atoms with E-state index in [0.717, 1.165) is 30.8 Å². The first-order valence-electron chi connectivity index (χ1n) is 8.16. The zero-order chi connectivity index (χ0) is 16.0. The van der Waals surface area contributed by atoms with Gasteiger partial charge in [-0.1, -0.05) is 20.8 Å². The zero-order valence-electron chi connectivity index (χ0n) is 14.4. The Kier molecular flexibility index (Phi) is 7.16. The van der Waals surface area contributed by atoms with Crippen molar-refractivity contribution in [2.24, 2.45) is 5.92 Å². The number of anilines is 1. The minimum atomic E-state index is -0.160. The molecular weight excluding hydrogens is 263 g/mol. The molecule has 21 heavy (non-hydrogen) atoms. The minimum Gasteiger partial charge on any atom is -0.369 e. The lowest BCUT2D eigenvalue weighted by Gasteiger charge is -2.34. The molecule has 0 aromatic heterocycles. The second-order valence-electron chi connectivity index (χ2n) is 6.52. The molecule has 120 valence electrons. The van der Waals surface area contributed by atoms with E-state index in [-0.39, 0.29) is 11.9 Å². The summed E-state index contributed by atoms with van der Waals surface area (Å²) in [6.45, 7) is 15.0. The lowest BCUT2D eigenvalue weighted by molar-refractivity contribution is 0.543. The molecule has 1 aromatic carbocycles. The highest BCUT2D eigenvalue weighted by atomic mass is 19.1. The number of nitrogens with zero attached hydrogens (tertiary/aromatic N) is 1. The first kappa shape index (κ1) is 18.0. The number of nitrogens with one attached hydrogen (secondary N) is 1. The predicted octanol–water partition coefficient (Wildman–Crippen LogP) is 4.76. The van der Waals surface area contributed by atoms with Crippen LogP contribution in [0.5, 0.6) is 0 Å². The van der Waals surface area contributed by atoms with Gasteiger partial charge < -0.3 is 10.2 Å². The maximum atomic E-state index is 13.7. The molecule has 0 bridgehead atoms. The van der Waals surface area contributed by atoms with Gasteiger partial charge in [0.15, 0.2) is 0 Å². The average Bonchev–Trinajstić information content (AvgIpc) is 2.42. The maximum absolute atomic E-state index is 13.7. The van der Waals surface area contributed by atoms with E-state index >= 15 is 0 Å². The summed E-state index contributed by atoms with van der Waals surface area (Å²) in [6.07, 6.45) is 1.08. The molecule has 3 heteroatoms. The third kappa shape index (κ3) is 5.31. The fraction of sp³-hybridized carbons (Fsp3) is 0.667. The first-order valence-corrected chi connectivity index (χ1v) is 8.16. The van der Waals surface area contributed by atoms with Crippen LogP contribution >= 0.6 is 0 Å². The van der Waals surface area contributed by atoms with Crippen molar-refractivity contribution in [3.8, 4) is 0 Å². The highest BCUT2D eigenvalue weighted by molar-refractivity contribution is 5.56. The van der Waals surface area contributed by atoms with Crippen LogP contribution in [0.2, 0.25) is 0 Å². The standard InChI is InChI=1S/C18H31FN2/c1-7-10-20-15(6)17-11-16(19)8-9-18(17)21(14(4)5)12-13(2)3/h8-9,11,13-15,20H,7,10,12H2,1-6H3. The fourth-order valence-electron chi connectivity index (χ4n) is 2.59. The van der Waals surface area contributed by atoms with Gasteiger partial charge in [-0.3, -0.25) is 0 Å². The molecule has 1 N–H and O–H groups in total. The van der Waals surface area contributed by atoms with Gasteiger partial charge in [0.2, 0.25) is 0 Å². The molecule has 0 amide bonds. The molecule has 0 aliphatic heterocycles. The topological polar surface area (TPSA) is 15.3 Å². The normalized spacial score (nSPS) is 13.0. The number of hydrogen-bond acceptors (Lipinski definition) is 2. The highest BCUT2D eigenvalue weighted by Crippen LogP contribution is 2.29. The van der Waals surface area contributed by atoms with Crippen molar-refractivity contribution in [1.29, 1.82) is 0 Å². The molecule has 1 atom stereocenters. The van der Waals surface area contributed by atoms with E-state index in [1.165, 1.54) is 0 Å². The van der Waals surface area contributed by atoms with Gasteiger partial charge in [0.05, 0.1) is 0 Å². The van der Waals surface area contributed by atoms with Gasteiger partial charge in [0.25, 0.3) is 0 Å². The van der Waals surface area contributed by atoms with E-state index in [2.05, 4.69) is 51.8 Å². The van der Waals surface area contributed by atoms with E-state index in [1.54, 1.807) is 12.1 Å². The van der Waals surface area contributed by atoms with E-state index in [0.29, 0.717) is 12.0 Å². The quantitative estimate of drug-likeness (QED) is 0.744. The van der Waals surface area contributed by atoms with Gasteiger partial charge in [-0.15, -0.1) is 0 Å². The lowest BCUT2D eigenvalue weighted by atomic mass is 10.0. The Labute approximate surface area is 129 Å². The third-order valence-corrected chi connectivity index (χ3v) is 3.65. The zero-order valence-corrected chi connectivity index (χ0v) is 14.4. The van der Waals surface area contributed by atoms with Gasteiger partial charge in [0.1, 0.15) is 5.82 Å². The summed E-state index contributed by atoms with van der Waals surface area (Å²) < 4.78 is 13.7. The van der Waals surface area contributed by atoms with Gasteiger partial charge in [-0.05, 0) is 63.4 Å². The molecule has 0 heterocycles. The molecule has 0 saturated heterocycles. The third-order valence-electron chi connectivity index (χ3n) is 3.65. The summed E-state index contributed by atoms with van der Waals surface area (Å²) in [5.74, 6) is 0.413.